The van der Waals surface area contributed by atoms with Crippen LogP contribution in [0.4, 0.5) is 0 Å². The topological polar surface area (TPSA) is 55.6 Å². The Labute approximate surface area is 133 Å². The van der Waals surface area contributed by atoms with E-state index in [0.717, 1.165) is 19.4 Å². The third-order valence-electron chi connectivity index (χ3n) is 5.02. The molecule has 1 aliphatic carbocycles. The highest BCUT2D eigenvalue weighted by atomic mass is 35.5. The standard InChI is InChI=1S/C16H26N2O2.ClH/c1-5-9-18(10-6-2)14(19)16(17)12-8-7-11-20-13(12)15(16,3)4;/h5-6,12-13H,1-2,7-11,17H2,3-4H3;1H. The van der Waals surface area contributed by atoms with E-state index in [4.69, 9.17) is 10.5 Å². The molecule has 120 valence electrons. The molecule has 21 heavy (non-hydrogen) atoms. The maximum atomic E-state index is 12.9. The summed E-state index contributed by atoms with van der Waals surface area (Å²) in [5, 5.41) is 0. The quantitative estimate of drug-likeness (QED) is 0.791. The van der Waals surface area contributed by atoms with Crippen molar-refractivity contribution in [3.8, 4) is 0 Å². The maximum Gasteiger partial charge on any atom is 0.244 e. The zero-order valence-electron chi connectivity index (χ0n) is 13.0. The first-order valence-corrected chi connectivity index (χ1v) is 7.33. The van der Waals surface area contributed by atoms with E-state index in [0.29, 0.717) is 13.1 Å². The van der Waals surface area contributed by atoms with Gasteiger partial charge in [0.15, 0.2) is 0 Å². The first-order valence-electron chi connectivity index (χ1n) is 7.33. The lowest BCUT2D eigenvalue weighted by Crippen LogP contribution is -2.82. The fourth-order valence-electron chi connectivity index (χ4n) is 3.82. The van der Waals surface area contributed by atoms with Crippen molar-refractivity contribution in [2.75, 3.05) is 19.7 Å². The number of ether oxygens (including phenoxy) is 1. The average Bonchev–Trinajstić information content (AvgIpc) is 2.45. The molecule has 3 unspecified atom stereocenters. The minimum atomic E-state index is -0.843. The number of halogens is 1. The Balaban J connectivity index is 0.00000220. The highest BCUT2D eigenvalue weighted by molar-refractivity contribution is 5.89. The number of amides is 1. The van der Waals surface area contributed by atoms with Crippen LogP contribution >= 0.6 is 12.4 Å². The molecule has 4 nitrogen and oxygen atoms in total. The molecule has 2 rings (SSSR count). The van der Waals surface area contributed by atoms with Crippen molar-refractivity contribution in [3.05, 3.63) is 25.3 Å². The van der Waals surface area contributed by atoms with Crippen molar-refractivity contribution < 1.29 is 9.53 Å². The lowest BCUT2D eigenvalue weighted by molar-refractivity contribution is -0.229. The fraction of sp³-hybridized carbons (Fsp3) is 0.688. The van der Waals surface area contributed by atoms with Gasteiger partial charge in [-0.05, 0) is 12.8 Å². The molecule has 0 aromatic rings. The number of carbonyl (C=O) groups excluding carboxylic acids is 1. The van der Waals surface area contributed by atoms with E-state index in [1.807, 2.05) is 13.8 Å². The zero-order chi connectivity index (χ0) is 15.0. The monoisotopic (exact) mass is 314 g/mol. The molecule has 1 amide bonds. The van der Waals surface area contributed by atoms with E-state index in [9.17, 15) is 4.79 Å². The van der Waals surface area contributed by atoms with Gasteiger partial charge in [-0.1, -0.05) is 26.0 Å². The molecule has 1 heterocycles. The van der Waals surface area contributed by atoms with Gasteiger partial charge in [0.1, 0.15) is 5.54 Å². The predicted molar refractivity (Wildman–Crippen MR) is 87.4 cm³/mol. The normalized spacial score (nSPS) is 32.9. The molecular weight excluding hydrogens is 288 g/mol. The van der Waals surface area contributed by atoms with Crippen LogP contribution in [0.25, 0.3) is 0 Å². The molecule has 3 atom stereocenters. The van der Waals surface area contributed by atoms with Gasteiger partial charge >= 0.3 is 0 Å². The summed E-state index contributed by atoms with van der Waals surface area (Å²) in [4.78, 5) is 14.7. The zero-order valence-corrected chi connectivity index (χ0v) is 13.8. The number of hydrogen-bond acceptors (Lipinski definition) is 3. The molecule has 2 aliphatic rings. The molecule has 0 bridgehead atoms. The third-order valence-corrected chi connectivity index (χ3v) is 5.02. The van der Waals surface area contributed by atoms with Gasteiger partial charge in [0.25, 0.3) is 0 Å². The SMILES string of the molecule is C=CCN(CC=C)C(=O)C1(N)C2CCCOC2C1(C)C.Cl. The Morgan fingerprint density at radius 1 is 1.38 bits per heavy atom. The average molecular weight is 315 g/mol. The van der Waals surface area contributed by atoms with Gasteiger partial charge in [0.05, 0.1) is 6.10 Å². The van der Waals surface area contributed by atoms with Gasteiger partial charge in [-0.3, -0.25) is 4.79 Å². The van der Waals surface area contributed by atoms with Crippen molar-refractivity contribution in [1.29, 1.82) is 0 Å². The van der Waals surface area contributed by atoms with Crippen LogP contribution in [-0.4, -0.2) is 42.1 Å². The summed E-state index contributed by atoms with van der Waals surface area (Å²) in [6, 6.07) is 0. The van der Waals surface area contributed by atoms with E-state index in [1.54, 1.807) is 17.1 Å². The van der Waals surface area contributed by atoms with Gasteiger partial charge < -0.3 is 15.4 Å². The van der Waals surface area contributed by atoms with Crippen LogP contribution in [0.3, 0.4) is 0 Å². The second-order valence-corrected chi connectivity index (χ2v) is 6.42. The van der Waals surface area contributed by atoms with Crippen LogP contribution in [-0.2, 0) is 9.53 Å². The lowest BCUT2D eigenvalue weighted by atomic mass is 9.46. The Bertz CT molecular complexity index is 415. The van der Waals surface area contributed by atoms with Crippen molar-refractivity contribution >= 4 is 18.3 Å². The fourth-order valence-corrected chi connectivity index (χ4v) is 3.82. The van der Waals surface area contributed by atoms with Crippen LogP contribution < -0.4 is 5.73 Å². The molecule has 0 radical (unpaired) electrons. The van der Waals surface area contributed by atoms with Gasteiger partial charge in [0.2, 0.25) is 5.91 Å². The summed E-state index contributed by atoms with van der Waals surface area (Å²) >= 11 is 0. The first kappa shape index (κ1) is 18.2. The van der Waals surface area contributed by atoms with E-state index in [-0.39, 0.29) is 35.8 Å². The van der Waals surface area contributed by atoms with Gasteiger partial charge in [0, 0.05) is 31.0 Å². The molecule has 0 aromatic heterocycles. The van der Waals surface area contributed by atoms with E-state index in [1.165, 1.54) is 0 Å². The maximum absolute atomic E-state index is 12.9. The third kappa shape index (κ3) is 2.54. The van der Waals surface area contributed by atoms with Crippen LogP contribution in [0.15, 0.2) is 25.3 Å². The Morgan fingerprint density at radius 3 is 2.48 bits per heavy atom. The number of fused-ring (bicyclic) bond motifs is 1. The Morgan fingerprint density at radius 2 is 1.95 bits per heavy atom. The predicted octanol–water partition coefficient (Wildman–Crippen LogP) is 2.14. The van der Waals surface area contributed by atoms with Crippen molar-refractivity contribution in [2.24, 2.45) is 17.1 Å². The van der Waals surface area contributed by atoms with E-state index < -0.39 is 5.54 Å². The molecule has 1 aliphatic heterocycles. The molecule has 2 fully saturated rings. The van der Waals surface area contributed by atoms with Crippen molar-refractivity contribution in [3.63, 3.8) is 0 Å². The van der Waals surface area contributed by atoms with Crippen molar-refractivity contribution in [2.45, 2.75) is 38.3 Å². The smallest absolute Gasteiger partial charge is 0.244 e. The highest BCUT2D eigenvalue weighted by Gasteiger charge is 2.70. The molecule has 5 heteroatoms. The largest absolute Gasteiger partial charge is 0.377 e. The van der Waals surface area contributed by atoms with Crippen LogP contribution in [0.2, 0.25) is 0 Å². The number of carbonyl (C=O) groups is 1. The van der Waals surface area contributed by atoms with Gasteiger partial charge in [-0.25, -0.2) is 0 Å². The summed E-state index contributed by atoms with van der Waals surface area (Å²) in [5.74, 6) is 0.116. The van der Waals surface area contributed by atoms with Crippen molar-refractivity contribution in [1.82, 2.24) is 4.90 Å². The van der Waals surface area contributed by atoms with Gasteiger partial charge in [-0.15, -0.1) is 25.6 Å². The summed E-state index contributed by atoms with van der Waals surface area (Å²) < 4.78 is 5.85. The van der Waals surface area contributed by atoms with E-state index >= 15 is 0 Å². The summed E-state index contributed by atoms with van der Waals surface area (Å²) in [6.45, 7) is 13.3. The molecule has 0 aromatic carbocycles. The molecule has 1 saturated heterocycles. The second kappa shape index (κ2) is 6.51. The van der Waals surface area contributed by atoms with E-state index in [2.05, 4.69) is 13.2 Å². The highest BCUT2D eigenvalue weighted by Crippen LogP contribution is 2.57. The number of rotatable bonds is 5. The van der Waals surface area contributed by atoms with Crippen LogP contribution in [0, 0.1) is 11.3 Å². The number of nitrogens with zero attached hydrogens (tertiary/aromatic N) is 1. The Kier molecular flexibility index (Phi) is 5.64. The first-order chi connectivity index (χ1) is 9.41. The summed E-state index contributed by atoms with van der Waals surface area (Å²) in [7, 11) is 0. The van der Waals surface area contributed by atoms with Crippen LogP contribution in [0.1, 0.15) is 26.7 Å². The molecule has 1 saturated carbocycles. The number of hydrogen-bond donors (Lipinski definition) is 1. The minimum absolute atomic E-state index is 0. The molecule has 0 spiro atoms. The molecular formula is C16H27ClN2O2. The summed E-state index contributed by atoms with van der Waals surface area (Å²) in [6.07, 6.45) is 5.49. The number of nitrogens with two attached hydrogens (primary N) is 1. The summed E-state index contributed by atoms with van der Waals surface area (Å²) in [5.41, 5.74) is 5.42. The lowest BCUT2D eigenvalue weighted by Gasteiger charge is -2.65. The van der Waals surface area contributed by atoms with Gasteiger partial charge in [-0.2, -0.15) is 0 Å². The molecule has 2 N–H and O–H groups in total. The Hall–Kier alpha value is -0.840. The second-order valence-electron chi connectivity index (χ2n) is 6.42. The van der Waals surface area contributed by atoms with Crippen LogP contribution in [0.5, 0.6) is 0 Å². The minimum Gasteiger partial charge on any atom is -0.377 e.